The Balaban J connectivity index is 0.799. The first kappa shape index (κ1) is 64.2. The molecule has 9 aromatic rings. The van der Waals surface area contributed by atoms with Crippen molar-refractivity contribution in [3.63, 3.8) is 0 Å². The molecule has 0 saturated heterocycles. The average Bonchev–Trinajstić information content (AvgIpc) is 1.81. The van der Waals surface area contributed by atoms with Gasteiger partial charge in [-0.15, -0.1) is 0 Å². The van der Waals surface area contributed by atoms with Crippen LogP contribution in [0.3, 0.4) is 0 Å². The van der Waals surface area contributed by atoms with Crippen molar-refractivity contribution in [1.82, 2.24) is 20.2 Å². The standard InChI is InChI=1S/C85H100N6/c1-57(2)74-44-31-45-75(58(3)4)80(74)89-54-71(86-83(89)66-37-24-17-25-38-66)41-28-14-13-19-32-63-46-48-68(49-47-63)85-88-73(56-91(85)82-78(61(9)10)52-70(53-79(82)62(11)12)65-35-22-16-23-36-65)43-30-29-42-72-55-90(84(87-72)67-39-26-18-27-40-67)81-76(59(5)6)50-69(51-77(81)60(7)8)64-33-20-15-21-34-64/h15-18,20-27,31,33-40,44-62,84-85,87-88H,13-14,19,28-30,32,41-43H2,1-12H3. The second-order valence-electron chi connectivity index (χ2n) is 27.7. The molecular weight excluding hydrogens is 1100 g/mol. The molecule has 2 unspecified atom stereocenters. The molecule has 91 heavy (non-hydrogen) atoms. The molecule has 8 aromatic carbocycles. The number of para-hydroxylation sites is 1. The summed E-state index contributed by atoms with van der Waals surface area (Å²) in [7, 11) is 0. The zero-order valence-electron chi connectivity index (χ0n) is 56.6. The van der Waals surface area contributed by atoms with Crippen LogP contribution in [0.1, 0.15) is 238 Å². The molecule has 470 valence electrons. The summed E-state index contributed by atoms with van der Waals surface area (Å²) in [5.74, 6) is 3.18. The van der Waals surface area contributed by atoms with Crippen molar-refractivity contribution < 1.29 is 0 Å². The lowest BCUT2D eigenvalue weighted by atomic mass is 9.87. The molecule has 2 atom stereocenters. The van der Waals surface area contributed by atoms with Gasteiger partial charge in [-0.1, -0.05) is 260 Å². The van der Waals surface area contributed by atoms with Gasteiger partial charge in [0, 0.05) is 46.9 Å². The van der Waals surface area contributed by atoms with Gasteiger partial charge in [0.1, 0.15) is 18.2 Å². The normalized spacial score (nSPS) is 15.0. The molecule has 6 heteroatoms. The Labute approximate surface area is 546 Å². The lowest BCUT2D eigenvalue weighted by molar-refractivity contribution is 0.595. The summed E-state index contributed by atoms with van der Waals surface area (Å²) in [5.41, 5.74) is 26.3. The number of unbranched alkanes of at least 4 members (excludes halogenated alkanes) is 4. The molecule has 0 aliphatic carbocycles. The fourth-order valence-electron chi connectivity index (χ4n) is 13.9. The maximum atomic E-state index is 5.36. The quantitative estimate of drug-likeness (QED) is 0.0529. The van der Waals surface area contributed by atoms with E-state index in [-0.39, 0.29) is 12.3 Å². The van der Waals surface area contributed by atoms with Gasteiger partial charge < -0.3 is 20.4 Å². The molecule has 0 spiro atoms. The topological polar surface area (TPSA) is 48.4 Å². The van der Waals surface area contributed by atoms with E-state index in [1.807, 2.05) is 0 Å². The first-order valence-corrected chi connectivity index (χ1v) is 34.5. The molecule has 0 radical (unpaired) electrons. The highest BCUT2D eigenvalue weighted by Gasteiger charge is 2.34. The molecular formula is C85H100N6. The van der Waals surface area contributed by atoms with Gasteiger partial charge in [0.05, 0.1) is 11.4 Å². The minimum atomic E-state index is -0.0266. The number of anilines is 2. The summed E-state index contributed by atoms with van der Waals surface area (Å²) in [6, 6.07) is 69.9. The van der Waals surface area contributed by atoms with E-state index >= 15 is 0 Å². The largest absolute Gasteiger partial charge is 0.363 e. The molecule has 0 amide bonds. The van der Waals surface area contributed by atoms with Crippen LogP contribution in [0.15, 0.2) is 218 Å². The van der Waals surface area contributed by atoms with Gasteiger partial charge in [0.15, 0.2) is 0 Å². The van der Waals surface area contributed by atoms with E-state index in [0.29, 0.717) is 35.5 Å². The van der Waals surface area contributed by atoms with E-state index < -0.39 is 0 Å². The Bertz CT molecular complexity index is 3820. The van der Waals surface area contributed by atoms with Crippen LogP contribution >= 0.6 is 0 Å². The van der Waals surface area contributed by atoms with E-state index in [4.69, 9.17) is 4.98 Å². The van der Waals surface area contributed by atoms with Gasteiger partial charge >= 0.3 is 0 Å². The van der Waals surface area contributed by atoms with Gasteiger partial charge in [0.25, 0.3) is 0 Å². The van der Waals surface area contributed by atoms with Crippen LogP contribution in [0.5, 0.6) is 0 Å². The summed E-state index contributed by atoms with van der Waals surface area (Å²) in [5, 5.41) is 8.22. The summed E-state index contributed by atoms with van der Waals surface area (Å²) < 4.78 is 2.41. The summed E-state index contributed by atoms with van der Waals surface area (Å²) in [6.07, 6.45) is 18.0. The number of benzene rings is 8. The second kappa shape index (κ2) is 29.3. The van der Waals surface area contributed by atoms with Crippen LogP contribution in [0.2, 0.25) is 0 Å². The van der Waals surface area contributed by atoms with E-state index in [0.717, 1.165) is 56.3 Å². The van der Waals surface area contributed by atoms with Crippen LogP contribution < -0.4 is 20.4 Å². The molecule has 2 aliphatic rings. The van der Waals surface area contributed by atoms with E-state index in [2.05, 4.69) is 315 Å². The van der Waals surface area contributed by atoms with Gasteiger partial charge in [0.2, 0.25) is 0 Å². The first-order chi connectivity index (χ1) is 44.1. The molecule has 3 heterocycles. The van der Waals surface area contributed by atoms with Gasteiger partial charge in [-0.05, 0) is 183 Å². The Hall–Kier alpha value is -8.35. The number of rotatable bonds is 26. The smallest absolute Gasteiger partial charge is 0.144 e. The zero-order chi connectivity index (χ0) is 63.7. The minimum Gasteiger partial charge on any atom is -0.363 e. The number of aromatic nitrogens is 2. The lowest BCUT2D eigenvalue weighted by Crippen LogP contribution is -2.29. The van der Waals surface area contributed by atoms with Crippen LogP contribution in [-0.4, -0.2) is 9.55 Å². The molecule has 2 N–H and O–H groups in total. The maximum Gasteiger partial charge on any atom is 0.144 e. The SMILES string of the molecule is CC(C)c1cc(-c2ccccc2)cc(C(C)C)c1N1C=C(CCCCC2=CN(c3c(C(C)C)cc(-c4ccccc4)cc3C(C)C)C(c3ccc(CCCCCCc4cn(-c5c(C(C)C)cccc5C(C)C)c(-c5ccccc5)n4)cc3)N2)NC1c1ccccc1. The van der Waals surface area contributed by atoms with Crippen LogP contribution in [-0.2, 0) is 12.8 Å². The number of imidazole rings is 1. The number of nitrogens with one attached hydrogen (secondary N) is 2. The van der Waals surface area contributed by atoms with Crippen molar-refractivity contribution in [3.8, 4) is 39.3 Å². The number of hydrogen-bond donors (Lipinski definition) is 2. The van der Waals surface area contributed by atoms with Crippen LogP contribution in [0.25, 0.3) is 39.3 Å². The Morgan fingerprint density at radius 3 is 1.13 bits per heavy atom. The Kier molecular flexibility index (Phi) is 20.7. The van der Waals surface area contributed by atoms with Gasteiger partial charge in [-0.3, -0.25) is 4.57 Å². The highest BCUT2D eigenvalue weighted by molar-refractivity contribution is 5.77. The van der Waals surface area contributed by atoms with E-state index in [9.17, 15) is 0 Å². The summed E-state index contributed by atoms with van der Waals surface area (Å²) in [6.45, 7) is 28.1. The summed E-state index contributed by atoms with van der Waals surface area (Å²) in [4.78, 5) is 10.5. The minimum absolute atomic E-state index is 0.00649. The van der Waals surface area contributed by atoms with Crippen molar-refractivity contribution in [1.29, 1.82) is 0 Å². The fourth-order valence-corrected chi connectivity index (χ4v) is 13.9. The predicted molar refractivity (Wildman–Crippen MR) is 387 cm³/mol. The second-order valence-corrected chi connectivity index (χ2v) is 27.7. The Morgan fingerprint density at radius 1 is 0.341 bits per heavy atom. The van der Waals surface area contributed by atoms with Crippen LogP contribution in [0.4, 0.5) is 11.4 Å². The molecule has 11 rings (SSSR count). The van der Waals surface area contributed by atoms with Crippen molar-refractivity contribution >= 4 is 11.4 Å². The number of allylic oxidation sites excluding steroid dienone is 2. The molecule has 0 bridgehead atoms. The lowest BCUT2D eigenvalue weighted by Gasteiger charge is -2.33. The third-order valence-corrected chi connectivity index (χ3v) is 18.9. The fraction of sp³-hybridized carbons (Fsp3) is 0.353. The number of nitrogens with zero attached hydrogens (tertiary/aromatic N) is 4. The van der Waals surface area contributed by atoms with Gasteiger partial charge in [-0.25, -0.2) is 4.98 Å². The third-order valence-electron chi connectivity index (χ3n) is 18.9. The molecule has 0 saturated carbocycles. The van der Waals surface area contributed by atoms with Gasteiger partial charge in [-0.2, -0.15) is 0 Å². The first-order valence-electron chi connectivity index (χ1n) is 34.5. The van der Waals surface area contributed by atoms with E-state index in [1.165, 1.54) is 126 Å². The molecule has 0 fully saturated rings. The monoisotopic (exact) mass is 1200 g/mol. The van der Waals surface area contributed by atoms with Crippen molar-refractivity contribution in [3.05, 3.63) is 274 Å². The molecule has 2 aliphatic heterocycles. The zero-order valence-corrected chi connectivity index (χ0v) is 56.6. The predicted octanol–water partition coefficient (Wildman–Crippen LogP) is 23.1. The van der Waals surface area contributed by atoms with Crippen LogP contribution in [0, 0.1) is 0 Å². The van der Waals surface area contributed by atoms with Crippen molar-refractivity contribution in [2.75, 3.05) is 9.80 Å². The van der Waals surface area contributed by atoms with Crippen molar-refractivity contribution in [2.45, 2.75) is 195 Å². The van der Waals surface area contributed by atoms with Crippen molar-refractivity contribution in [2.24, 2.45) is 0 Å². The summed E-state index contributed by atoms with van der Waals surface area (Å²) >= 11 is 0. The molecule has 1 aromatic heterocycles. The maximum absolute atomic E-state index is 5.36. The number of hydrogen-bond acceptors (Lipinski definition) is 5. The Morgan fingerprint density at radius 2 is 0.714 bits per heavy atom. The highest BCUT2D eigenvalue weighted by Crippen LogP contribution is 2.47. The highest BCUT2D eigenvalue weighted by atomic mass is 15.3. The van der Waals surface area contributed by atoms with E-state index in [1.54, 1.807) is 0 Å². The third kappa shape index (κ3) is 14.7. The number of aryl methyl sites for hydroxylation is 2. The average molecular weight is 1210 g/mol. The molecule has 6 nitrogen and oxygen atoms in total.